The number of hydrogen-bond acceptors (Lipinski definition) is 4. The molecule has 2 aliphatic heterocycles. The Morgan fingerprint density at radius 2 is 2.09 bits per heavy atom. The first-order valence-corrected chi connectivity index (χ1v) is 9.58. The van der Waals surface area contributed by atoms with Crippen molar-refractivity contribution in [1.82, 2.24) is 4.90 Å². The molecule has 1 aromatic rings. The van der Waals surface area contributed by atoms with Crippen molar-refractivity contribution in [3.63, 3.8) is 0 Å². The molecule has 23 heavy (non-hydrogen) atoms. The summed E-state index contributed by atoms with van der Waals surface area (Å²) >= 11 is 1.80. The number of amides is 1. The fourth-order valence-electron chi connectivity index (χ4n) is 3.43. The second-order valence-electron chi connectivity index (χ2n) is 7.10. The molecule has 5 heteroatoms. The van der Waals surface area contributed by atoms with Crippen molar-refractivity contribution in [1.29, 1.82) is 0 Å². The molecule has 0 unspecified atom stereocenters. The highest BCUT2D eigenvalue weighted by Gasteiger charge is 2.38. The van der Waals surface area contributed by atoms with Gasteiger partial charge in [-0.3, -0.25) is 9.69 Å². The smallest absolute Gasteiger partial charge is 0.256 e. The van der Waals surface area contributed by atoms with E-state index in [0.29, 0.717) is 18.8 Å². The first kappa shape index (κ1) is 16.8. The van der Waals surface area contributed by atoms with Crippen molar-refractivity contribution in [3.05, 3.63) is 29.3 Å². The number of nitrogens with one attached hydrogen (secondary N) is 1. The van der Waals surface area contributed by atoms with Gasteiger partial charge in [0.05, 0.1) is 0 Å². The Hall–Kier alpha value is -1.04. The number of anilines is 1. The van der Waals surface area contributed by atoms with E-state index < -0.39 is 5.60 Å². The molecule has 0 atom stereocenters. The van der Waals surface area contributed by atoms with Gasteiger partial charge in [0.15, 0.2) is 0 Å². The third kappa shape index (κ3) is 3.73. The minimum Gasteiger partial charge on any atom is -0.380 e. The van der Waals surface area contributed by atoms with Crippen LogP contribution in [0.2, 0.25) is 0 Å². The summed E-state index contributed by atoms with van der Waals surface area (Å²) in [6, 6.07) is 6.09. The molecule has 1 amide bonds. The standard InChI is InChI=1S/C18H26N2O2S/c1-13(2)10-20-11-14-4-3-5-16(15(14)12-20)19-17(21)18(22)6-8-23-9-7-18/h3-5,13,22H,6-12H2,1-2H3,(H,19,21). The van der Waals surface area contributed by atoms with Gasteiger partial charge in [-0.1, -0.05) is 26.0 Å². The van der Waals surface area contributed by atoms with Crippen molar-refractivity contribution in [3.8, 4) is 0 Å². The van der Waals surface area contributed by atoms with Crippen LogP contribution < -0.4 is 5.32 Å². The van der Waals surface area contributed by atoms with Gasteiger partial charge < -0.3 is 10.4 Å². The lowest BCUT2D eigenvalue weighted by molar-refractivity contribution is -0.134. The van der Waals surface area contributed by atoms with Crippen LogP contribution in [0.25, 0.3) is 0 Å². The highest BCUT2D eigenvalue weighted by molar-refractivity contribution is 7.99. The Morgan fingerprint density at radius 3 is 2.78 bits per heavy atom. The summed E-state index contributed by atoms with van der Waals surface area (Å²) in [6.45, 7) is 7.32. The van der Waals surface area contributed by atoms with Crippen molar-refractivity contribution >= 4 is 23.4 Å². The van der Waals surface area contributed by atoms with Gasteiger partial charge in [0.25, 0.3) is 5.91 Å². The summed E-state index contributed by atoms with van der Waals surface area (Å²) in [7, 11) is 0. The highest BCUT2D eigenvalue weighted by Crippen LogP contribution is 2.32. The summed E-state index contributed by atoms with van der Waals surface area (Å²) in [5.41, 5.74) is 2.15. The number of thioether (sulfide) groups is 1. The summed E-state index contributed by atoms with van der Waals surface area (Å²) < 4.78 is 0. The van der Waals surface area contributed by atoms with Gasteiger partial charge in [0, 0.05) is 25.3 Å². The first-order valence-electron chi connectivity index (χ1n) is 8.42. The van der Waals surface area contributed by atoms with E-state index in [1.165, 1.54) is 11.1 Å². The van der Waals surface area contributed by atoms with Gasteiger partial charge in [-0.2, -0.15) is 11.8 Å². The molecule has 1 fully saturated rings. The zero-order valence-electron chi connectivity index (χ0n) is 14.0. The largest absolute Gasteiger partial charge is 0.380 e. The van der Waals surface area contributed by atoms with E-state index in [2.05, 4.69) is 30.1 Å². The van der Waals surface area contributed by atoms with E-state index in [1.807, 2.05) is 12.1 Å². The van der Waals surface area contributed by atoms with Gasteiger partial charge in [-0.15, -0.1) is 0 Å². The van der Waals surface area contributed by atoms with E-state index >= 15 is 0 Å². The minimum atomic E-state index is -1.20. The summed E-state index contributed by atoms with van der Waals surface area (Å²) in [4.78, 5) is 15.0. The normalized spacial score (nSPS) is 20.5. The fraction of sp³-hybridized carbons (Fsp3) is 0.611. The van der Waals surface area contributed by atoms with Crippen LogP contribution in [0.5, 0.6) is 0 Å². The van der Waals surface area contributed by atoms with Crippen molar-refractivity contribution in [2.45, 2.75) is 45.4 Å². The molecule has 126 valence electrons. The Balaban J connectivity index is 1.73. The molecule has 1 aromatic carbocycles. The second-order valence-corrected chi connectivity index (χ2v) is 8.33. The lowest BCUT2D eigenvalue weighted by atomic mass is 9.95. The van der Waals surface area contributed by atoms with Crippen LogP contribution in [0.15, 0.2) is 18.2 Å². The first-order chi connectivity index (χ1) is 11.0. The fourth-order valence-corrected chi connectivity index (χ4v) is 4.60. The number of aliphatic hydroxyl groups is 1. The molecule has 2 aliphatic rings. The van der Waals surface area contributed by atoms with Crippen LogP contribution in [0.3, 0.4) is 0 Å². The van der Waals surface area contributed by atoms with Gasteiger partial charge >= 0.3 is 0 Å². The molecule has 0 saturated carbocycles. The summed E-state index contributed by atoms with van der Waals surface area (Å²) in [5.74, 6) is 2.08. The van der Waals surface area contributed by atoms with Crippen LogP contribution >= 0.6 is 11.8 Å². The minimum absolute atomic E-state index is 0.242. The SMILES string of the molecule is CC(C)CN1Cc2cccc(NC(=O)C3(O)CCSCC3)c2C1. The quantitative estimate of drug-likeness (QED) is 0.889. The molecular formula is C18H26N2O2S. The molecule has 2 heterocycles. The third-order valence-electron chi connectivity index (χ3n) is 4.66. The number of carbonyl (C=O) groups excluding carboxylic acids is 1. The molecule has 4 nitrogen and oxygen atoms in total. The zero-order valence-corrected chi connectivity index (χ0v) is 14.8. The lowest BCUT2D eigenvalue weighted by Gasteiger charge is -2.30. The molecule has 0 spiro atoms. The van der Waals surface area contributed by atoms with Gasteiger partial charge in [-0.05, 0) is 47.5 Å². The molecule has 3 rings (SSSR count). The Labute approximate surface area is 142 Å². The van der Waals surface area contributed by atoms with E-state index in [4.69, 9.17) is 0 Å². The molecule has 0 aromatic heterocycles. The van der Waals surface area contributed by atoms with Gasteiger partial charge in [0.2, 0.25) is 0 Å². The number of hydrogen-bond donors (Lipinski definition) is 2. The summed E-state index contributed by atoms with van der Waals surface area (Å²) in [6.07, 6.45) is 1.08. The maximum Gasteiger partial charge on any atom is 0.256 e. The number of fused-ring (bicyclic) bond motifs is 1. The van der Waals surface area contributed by atoms with Gasteiger partial charge in [0.1, 0.15) is 5.60 Å². The maximum atomic E-state index is 12.6. The molecule has 0 aliphatic carbocycles. The Morgan fingerprint density at radius 1 is 1.35 bits per heavy atom. The molecular weight excluding hydrogens is 308 g/mol. The second kappa shape index (κ2) is 6.83. The Kier molecular flexibility index (Phi) is 4.99. The number of nitrogens with zero attached hydrogens (tertiary/aromatic N) is 1. The average Bonchev–Trinajstić information content (AvgIpc) is 2.90. The van der Waals surface area contributed by atoms with Gasteiger partial charge in [-0.25, -0.2) is 0 Å². The highest BCUT2D eigenvalue weighted by atomic mass is 32.2. The average molecular weight is 334 g/mol. The third-order valence-corrected chi connectivity index (χ3v) is 5.65. The maximum absolute atomic E-state index is 12.6. The Bertz CT molecular complexity index is 582. The summed E-state index contributed by atoms with van der Waals surface area (Å²) in [5, 5.41) is 13.6. The van der Waals surface area contributed by atoms with E-state index in [-0.39, 0.29) is 5.91 Å². The zero-order chi connectivity index (χ0) is 16.4. The van der Waals surface area contributed by atoms with E-state index in [1.54, 1.807) is 11.8 Å². The monoisotopic (exact) mass is 334 g/mol. The van der Waals surface area contributed by atoms with E-state index in [9.17, 15) is 9.90 Å². The van der Waals surface area contributed by atoms with Crippen LogP contribution in [0.4, 0.5) is 5.69 Å². The lowest BCUT2D eigenvalue weighted by Crippen LogP contribution is -2.45. The van der Waals surface area contributed by atoms with Crippen LogP contribution in [0.1, 0.15) is 37.8 Å². The number of rotatable bonds is 4. The van der Waals surface area contributed by atoms with E-state index in [0.717, 1.165) is 36.8 Å². The molecule has 2 N–H and O–H groups in total. The topological polar surface area (TPSA) is 52.6 Å². The number of benzene rings is 1. The molecule has 0 radical (unpaired) electrons. The predicted molar refractivity (Wildman–Crippen MR) is 95.5 cm³/mol. The van der Waals surface area contributed by atoms with Crippen LogP contribution in [-0.4, -0.2) is 39.6 Å². The van der Waals surface area contributed by atoms with Crippen LogP contribution in [-0.2, 0) is 17.9 Å². The molecule has 1 saturated heterocycles. The molecule has 0 bridgehead atoms. The van der Waals surface area contributed by atoms with Crippen LogP contribution in [0, 0.1) is 5.92 Å². The van der Waals surface area contributed by atoms with Crippen molar-refractivity contribution in [2.75, 3.05) is 23.4 Å². The number of carbonyl (C=O) groups is 1. The predicted octanol–water partition coefficient (Wildman–Crippen LogP) is 2.85. The van der Waals surface area contributed by atoms with Crippen molar-refractivity contribution in [2.24, 2.45) is 5.92 Å². The van der Waals surface area contributed by atoms with Crippen molar-refractivity contribution < 1.29 is 9.90 Å².